The summed E-state index contributed by atoms with van der Waals surface area (Å²) in [5, 5.41) is 6.46. The maximum Gasteiger partial charge on any atom is 0.224 e. The van der Waals surface area contributed by atoms with Crippen LogP contribution in [-0.2, 0) is 9.53 Å². The fraction of sp³-hybridized carbons (Fsp3) is 0.923. The van der Waals surface area contributed by atoms with Crippen LogP contribution in [0, 0.1) is 11.8 Å². The standard InChI is InChI=1S/C13H24N2O2/c1-10-12(5-2-6-14-10)13(16)15-8-11-4-3-7-17-9-11/h10-12,14H,2-9H2,1H3,(H,15,16). The van der Waals surface area contributed by atoms with E-state index in [2.05, 4.69) is 17.6 Å². The van der Waals surface area contributed by atoms with Crippen molar-refractivity contribution in [2.75, 3.05) is 26.3 Å². The van der Waals surface area contributed by atoms with Crippen LogP contribution in [0.25, 0.3) is 0 Å². The highest BCUT2D eigenvalue weighted by atomic mass is 16.5. The van der Waals surface area contributed by atoms with Gasteiger partial charge in [0.2, 0.25) is 5.91 Å². The Bertz CT molecular complexity index is 252. The molecule has 2 fully saturated rings. The van der Waals surface area contributed by atoms with Gasteiger partial charge in [-0.3, -0.25) is 4.79 Å². The van der Waals surface area contributed by atoms with Crippen molar-refractivity contribution < 1.29 is 9.53 Å². The third-order valence-corrected chi connectivity index (χ3v) is 3.92. The fourth-order valence-corrected chi connectivity index (χ4v) is 2.75. The number of rotatable bonds is 3. The van der Waals surface area contributed by atoms with Crippen molar-refractivity contribution in [3.8, 4) is 0 Å². The van der Waals surface area contributed by atoms with Crippen LogP contribution in [0.1, 0.15) is 32.6 Å². The molecular formula is C13H24N2O2. The molecule has 2 aliphatic rings. The molecular weight excluding hydrogens is 216 g/mol. The number of ether oxygens (including phenoxy) is 1. The first-order valence-electron chi connectivity index (χ1n) is 6.86. The molecule has 1 amide bonds. The second-order valence-corrected chi connectivity index (χ2v) is 5.32. The van der Waals surface area contributed by atoms with E-state index in [1.54, 1.807) is 0 Å². The molecule has 0 aromatic heterocycles. The molecule has 3 unspecified atom stereocenters. The molecule has 2 heterocycles. The lowest BCUT2D eigenvalue weighted by atomic mass is 9.91. The summed E-state index contributed by atoms with van der Waals surface area (Å²) >= 11 is 0. The lowest BCUT2D eigenvalue weighted by molar-refractivity contribution is -0.126. The minimum atomic E-state index is 0.147. The van der Waals surface area contributed by atoms with Gasteiger partial charge >= 0.3 is 0 Å². The van der Waals surface area contributed by atoms with Gasteiger partial charge in [0.15, 0.2) is 0 Å². The Morgan fingerprint density at radius 2 is 2.29 bits per heavy atom. The zero-order valence-electron chi connectivity index (χ0n) is 10.7. The number of carbonyl (C=O) groups is 1. The first kappa shape index (κ1) is 12.8. The maximum absolute atomic E-state index is 12.1. The Morgan fingerprint density at radius 3 is 3.00 bits per heavy atom. The molecule has 4 heteroatoms. The molecule has 0 spiro atoms. The van der Waals surface area contributed by atoms with Crippen molar-refractivity contribution in [2.24, 2.45) is 11.8 Å². The average molecular weight is 240 g/mol. The van der Waals surface area contributed by atoms with Gasteiger partial charge in [0.1, 0.15) is 0 Å². The second-order valence-electron chi connectivity index (χ2n) is 5.32. The highest BCUT2D eigenvalue weighted by molar-refractivity contribution is 5.79. The monoisotopic (exact) mass is 240 g/mol. The van der Waals surface area contributed by atoms with Crippen LogP contribution >= 0.6 is 0 Å². The largest absolute Gasteiger partial charge is 0.381 e. The summed E-state index contributed by atoms with van der Waals surface area (Å²) in [6.45, 7) is 5.61. The van der Waals surface area contributed by atoms with E-state index in [-0.39, 0.29) is 11.8 Å². The molecule has 0 aromatic carbocycles. The molecule has 0 saturated carbocycles. The van der Waals surface area contributed by atoms with E-state index in [0.717, 1.165) is 45.6 Å². The number of amides is 1. The van der Waals surface area contributed by atoms with Gasteiger partial charge in [-0.25, -0.2) is 0 Å². The third kappa shape index (κ3) is 3.68. The summed E-state index contributed by atoms with van der Waals surface area (Å²) in [5.41, 5.74) is 0. The predicted molar refractivity (Wildman–Crippen MR) is 66.7 cm³/mol. The highest BCUT2D eigenvalue weighted by Crippen LogP contribution is 2.17. The highest BCUT2D eigenvalue weighted by Gasteiger charge is 2.27. The van der Waals surface area contributed by atoms with Gasteiger partial charge in [-0.15, -0.1) is 0 Å². The van der Waals surface area contributed by atoms with Crippen LogP contribution in [0.3, 0.4) is 0 Å². The summed E-state index contributed by atoms with van der Waals surface area (Å²) in [5.74, 6) is 0.878. The Labute approximate surface area is 103 Å². The van der Waals surface area contributed by atoms with E-state index < -0.39 is 0 Å². The van der Waals surface area contributed by atoms with Crippen molar-refractivity contribution in [1.82, 2.24) is 10.6 Å². The minimum Gasteiger partial charge on any atom is -0.381 e. The quantitative estimate of drug-likeness (QED) is 0.771. The number of carbonyl (C=O) groups excluding carboxylic acids is 1. The summed E-state index contributed by atoms with van der Waals surface area (Å²) in [6.07, 6.45) is 4.43. The maximum atomic E-state index is 12.1. The second kappa shape index (κ2) is 6.36. The van der Waals surface area contributed by atoms with Crippen LogP contribution in [-0.4, -0.2) is 38.3 Å². The molecule has 0 aromatic rings. The van der Waals surface area contributed by atoms with Gasteiger partial charge in [-0.05, 0) is 45.1 Å². The third-order valence-electron chi connectivity index (χ3n) is 3.92. The van der Waals surface area contributed by atoms with E-state index >= 15 is 0 Å². The van der Waals surface area contributed by atoms with Crippen LogP contribution < -0.4 is 10.6 Å². The minimum absolute atomic E-state index is 0.147. The number of hydrogen-bond acceptors (Lipinski definition) is 3. The summed E-state index contributed by atoms with van der Waals surface area (Å²) in [6, 6.07) is 0.311. The Balaban J connectivity index is 1.72. The molecule has 2 saturated heterocycles. The van der Waals surface area contributed by atoms with Crippen LogP contribution in [0.2, 0.25) is 0 Å². The fourth-order valence-electron chi connectivity index (χ4n) is 2.75. The topological polar surface area (TPSA) is 50.4 Å². The van der Waals surface area contributed by atoms with E-state index in [1.807, 2.05) is 0 Å². The van der Waals surface area contributed by atoms with E-state index in [0.29, 0.717) is 12.0 Å². The van der Waals surface area contributed by atoms with Gasteiger partial charge in [-0.1, -0.05) is 0 Å². The van der Waals surface area contributed by atoms with Gasteiger partial charge in [-0.2, -0.15) is 0 Å². The lowest BCUT2D eigenvalue weighted by Crippen LogP contribution is -2.47. The molecule has 0 bridgehead atoms. The van der Waals surface area contributed by atoms with Crippen LogP contribution in [0.5, 0.6) is 0 Å². The van der Waals surface area contributed by atoms with E-state index in [9.17, 15) is 4.79 Å². The zero-order chi connectivity index (χ0) is 12.1. The predicted octanol–water partition coefficient (Wildman–Crippen LogP) is 0.917. The normalized spacial score (nSPS) is 34.3. The summed E-state index contributed by atoms with van der Waals surface area (Å²) in [7, 11) is 0. The molecule has 0 aliphatic carbocycles. The molecule has 2 N–H and O–H groups in total. The molecule has 17 heavy (non-hydrogen) atoms. The summed E-state index contributed by atoms with van der Waals surface area (Å²) in [4.78, 5) is 12.1. The zero-order valence-corrected chi connectivity index (χ0v) is 10.7. The number of nitrogens with one attached hydrogen (secondary N) is 2. The summed E-state index contributed by atoms with van der Waals surface area (Å²) < 4.78 is 5.42. The molecule has 98 valence electrons. The molecule has 0 radical (unpaired) electrons. The Kier molecular flexibility index (Phi) is 4.80. The smallest absolute Gasteiger partial charge is 0.224 e. The molecule has 3 atom stereocenters. The molecule has 2 rings (SSSR count). The average Bonchev–Trinajstić information content (AvgIpc) is 2.38. The molecule has 2 aliphatic heterocycles. The Hall–Kier alpha value is -0.610. The first-order valence-corrected chi connectivity index (χ1v) is 6.86. The van der Waals surface area contributed by atoms with E-state index in [4.69, 9.17) is 4.74 Å². The van der Waals surface area contributed by atoms with Crippen molar-refractivity contribution in [2.45, 2.75) is 38.6 Å². The molecule has 4 nitrogen and oxygen atoms in total. The van der Waals surface area contributed by atoms with Gasteiger partial charge in [0, 0.05) is 19.2 Å². The Morgan fingerprint density at radius 1 is 1.41 bits per heavy atom. The lowest BCUT2D eigenvalue weighted by Gasteiger charge is -2.30. The van der Waals surface area contributed by atoms with Crippen LogP contribution in [0.4, 0.5) is 0 Å². The SMILES string of the molecule is CC1NCCCC1C(=O)NCC1CCCOC1. The first-order chi connectivity index (χ1) is 8.27. The van der Waals surface area contributed by atoms with Gasteiger partial charge < -0.3 is 15.4 Å². The number of piperidine rings is 1. The van der Waals surface area contributed by atoms with Crippen molar-refractivity contribution in [1.29, 1.82) is 0 Å². The van der Waals surface area contributed by atoms with Crippen molar-refractivity contribution in [3.63, 3.8) is 0 Å². The van der Waals surface area contributed by atoms with Gasteiger partial charge in [0.05, 0.1) is 12.5 Å². The van der Waals surface area contributed by atoms with Crippen LogP contribution in [0.15, 0.2) is 0 Å². The number of hydrogen-bond donors (Lipinski definition) is 2. The van der Waals surface area contributed by atoms with Gasteiger partial charge in [0.25, 0.3) is 0 Å². The van der Waals surface area contributed by atoms with Crippen molar-refractivity contribution >= 4 is 5.91 Å². The van der Waals surface area contributed by atoms with Crippen molar-refractivity contribution in [3.05, 3.63) is 0 Å². The van der Waals surface area contributed by atoms with E-state index in [1.165, 1.54) is 6.42 Å².